The first-order chi connectivity index (χ1) is 9.60. The van der Waals surface area contributed by atoms with E-state index in [0.29, 0.717) is 22.0 Å². The van der Waals surface area contributed by atoms with Gasteiger partial charge in [0.15, 0.2) is 0 Å². The van der Waals surface area contributed by atoms with Crippen molar-refractivity contribution in [1.29, 1.82) is 0 Å². The lowest BCUT2D eigenvalue weighted by atomic mass is 10.1. The summed E-state index contributed by atoms with van der Waals surface area (Å²) in [4.78, 5) is 12.0. The zero-order valence-electron chi connectivity index (χ0n) is 10.6. The Morgan fingerprint density at radius 1 is 1.50 bits per heavy atom. The maximum Gasteiger partial charge on any atom is 0.294 e. The summed E-state index contributed by atoms with van der Waals surface area (Å²) < 4.78 is 4.88. The van der Waals surface area contributed by atoms with Crippen LogP contribution in [-0.4, -0.2) is 22.8 Å². The largest absolute Gasteiger partial charge is 0.384 e. The maximum absolute atomic E-state index is 12.0. The number of nitrogens with zero attached hydrogens (tertiary/aromatic N) is 1. The number of halogens is 1. The van der Waals surface area contributed by atoms with Crippen molar-refractivity contribution in [2.45, 2.75) is 6.92 Å². The fraction of sp³-hybridized carbons (Fsp3) is 0.143. The van der Waals surface area contributed by atoms with Crippen LogP contribution in [0.1, 0.15) is 21.8 Å². The van der Waals surface area contributed by atoms with E-state index < -0.39 is 5.91 Å². The van der Waals surface area contributed by atoms with Crippen molar-refractivity contribution in [3.8, 4) is 11.8 Å². The second-order valence-electron chi connectivity index (χ2n) is 3.94. The van der Waals surface area contributed by atoms with Crippen molar-refractivity contribution in [1.82, 2.24) is 5.16 Å². The summed E-state index contributed by atoms with van der Waals surface area (Å²) in [5.41, 5.74) is 1.61. The second kappa shape index (κ2) is 6.24. The van der Waals surface area contributed by atoms with Crippen LogP contribution in [0.15, 0.2) is 28.8 Å². The van der Waals surface area contributed by atoms with Crippen LogP contribution < -0.4 is 5.32 Å². The first-order valence-electron chi connectivity index (χ1n) is 5.74. The van der Waals surface area contributed by atoms with Gasteiger partial charge in [-0.15, -0.1) is 0 Å². The van der Waals surface area contributed by atoms with E-state index in [9.17, 15) is 4.79 Å². The predicted octanol–water partition coefficient (Wildman–Crippen LogP) is 2.23. The Morgan fingerprint density at radius 3 is 2.95 bits per heavy atom. The molecule has 2 rings (SSSR count). The highest BCUT2D eigenvalue weighted by molar-refractivity contribution is 6.30. The van der Waals surface area contributed by atoms with Crippen LogP contribution >= 0.6 is 11.6 Å². The molecule has 2 N–H and O–H groups in total. The molecule has 102 valence electrons. The maximum atomic E-state index is 12.0. The molecule has 1 aromatic carbocycles. The minimum Gasteiger partial charge on any atom is -0.384 e. The Bertz CT molecular complexity index is 698. The van der Waals surface area contributed by atoms with Crippen molar-refractivity contribution in [2.24, 2.45) is 0 Å². The third-order valence-electron chi connectivity index (χ3n) is 2.38. The van der Waals surface area contributed by atoms with Crippen molar-refractivity contribution in [2.75, 3.05) is 11.9 Å². The Hall–Kier alpha value is -2.29. The van der Waals surface area contributed by atoms with Crippen LogP contribution in [0, 0.1) is 18.8 Å². The number of aromatic nitrogens is 1. The molecular weight excluding hydrogens is 280 g/mol. The summed E-state index contributed by atoms with van der Waals surface area (Å²) >= 11 is 5.88. The smallest absolute Gasteiger partial charge is 0.294 e. The molecule has 2 aromatic rings. The van der Waals surface area contributed by atoms with E-state index in [1.165, 1.54) is 6.07 Å². The number of aryl methyl sites for hydroxylation is 1. The number of amides is 1. The van der Waals surface area contributed by atoms with E-state index in [0.717, 1.165) is 0 Å². The molecule has 0 aliphatic carbocycles. The molecule has 0 saturated heterocycles. The van der Waals surface area contributed by atoms with Crippen LogP contribution in [0.4, 0.5) is 5.69 Å². The highest BCUT2D eigenvalue weighted by Gasteiger charge is 2.13. The molecule has 20 heavy (non-hydrogen) atoms. The van der Waals surface area contributed by atoms with Gasteiger partial charge in [0.25, 0.3) is 5.91 Å². The number of rotatable bonds is 2. The van der Waals surface area contributed by atoms with Gasteiger partial charge in [0.2, 0.25) is 5.76 Å². The fourth-order valence-electron chi connectivity index (χ4n) is 1.52. The molecule has 1 aromatic heterocycles. The monoisotopic (exact) mass is 290 g/mol. The number of aliphatic hydroxyl groups is 1. The van der Waals surface area contributed by atoms with E-state index in [4.69, 9.17) is 21.2 Å². The lowest BCUT2D eigenvalue weighted by Gasteiger charge is -2.06. The van der Waals surface area contributed by atoms with Gasteiger partial charge in [0.05, 0.1) is 11.4 Å². The van der Waals surface area contributed by atoms with Crippen LogP contribution in [0.3, 0.4) is 0 Å². The van der Waals surface area contributed by atoms with Gasteiger partial charge in [-0.3, -0.25) is 4.79 Å². The molecule has 0 radical (unpaired) electrons. The van der Waals surface area contributed by atoms with Crippen LogP contribution in [0.25, 0.3) is 0 Å². The van der Waals surface area contributed by atoms with Crippen LogP contribution in [0.5, 0.6) is 0 Å². The SMILES string of the molecule is Cc1cc(C(=O)Nc2ccc(Cl)cc2C#CCO)on1. The molecule has 0 bridgehead atoms. The molecular formula is C14H11ClN2O3. The molecule has 5 nitrogen and oxygen atoms in total. The van der Waals surface area contributed by atoms with Gasteiger partial charge in [0.1, 0.15) is 6.61 Å². The van der Waals surface area contributed by atoms with Crippen molar-refractivity contribution < 1.29 is 14.4 Å². The first kappa shape index (κ1) is 14.1. The van der Waals surface area contributed by atoms with E-state index in [1.54, 1.807) is 25.1 Å². The summed E-state index contributed by atoms with van der Waals surface area (Å²) in [6.45, 7) is 1.45. The normalized spacial score (nSPS) is 9.75. The van der Waals surface area contributed by atoms with E-state index in [1.807, 2.05) is 0 Å². The molecule has 0 aliphatic rings. The van der Waals surface area contributed by atoms with Crippen molar-refractivity contribution in [3.05, 3.63) is 46.3 Å². The van der Waals surface area contributed by atoms with E-state index in [-0.39, 0.29) is 12.4 Å². The van der Waals surface area contributed by atoms with Crippen LogP contribution in [-0.2, 0) is 0 Å². The summed E-state index contributed by atoms with van der Waals surface area (Å²) in [7, 11) is 0. The molecule has 0 aliphatic heterocycles. The van der Waals surface area contributed by atoms with E-state index in [2.05, 4.69) is 22.3 Å². The summed E-state index contributed by atoms with van der Waals surface area (Å²) in [5, 5.41) is 15.5. The average Bonchev–Trinajstić information content (AvgIpc) is 2.85. The van der Waals surface area contributed by atoms with Crippen molar-refractivity contribution >= 4 is 23.2 Å². The average molecular weight is 291 g/mol. The first-order valence-corrected chi connectivity index (χ1v) is 6.12. The topological polar surface area (TPSA) is 75.4 Å². The zero-order valence-corrected chi connectivity index (χ0v) is 11.4. The molecule has 0 fully saturated rings. The number of carbonyl (C=O) groups excluding carboxylic acids is 1. The minimum atomic E-state index is -0.431. The van der Waals surface area contributed by atoms with Crippen molar-refractivity contribution in [3.63, 3.8) is 0 Å². The second-order valence-corrected chi connectivity index (χ2v) is 4.37. The Morgan fingerprint density at radius 2 is 2.30 bits per heavy atom. The number of hydrogen-bond donors (Lipinski definition) is 2. The molecule has 0 unspecified atom stereocenters. The molecule has 1 heterocycles. The quantitative estimate of drug-likeness (QED) is 0.832. The van der Waals surface area contributed by atoms with Gasteiger partial charge in [-0.2, -0.15) is 0 Å². The number of anilines is 1. The fourth-order valence-corrected chi connectivity index (χ4v) is 1.69. The molecule has 0 spiro atoms. The number of hydrogen-bond acceptors (Lipinski definition) is 4. The number of carbonyl (C=O) groups is 1. The summed E-state index contributed by atoms with van der Waals surface area (Å²) in [6.07, 6.45) is 0. The predicted molar refractivity (Wildman–Crippen MR) is 74.6 cm³/mol. The number of benzene rings is 1. The lowest BCUT2D eigenvalue weighted by molar-refractivity contribution is 0.0988. The molecule has 6 heteroatoms. The lowest BCUT2D eigenvalue weighted by Crippen LogP contribution is -2.12. The minimum absolute atomic E-state index is 0.110. The highest BCUT2D eigenvalue weighted by Crippen LogP contribution is 2.20. The third-order valence-corrected chi connectivity index (χ3v) is 2.62. The number of aliphatic hydroxyl groups excluding tert-OH is 1. The van der Waals surface area contributed by atoms with E-state index >= 15 is 0 Å². The van der Waals surface area contributed by atoms with Gasteiger partial charge >= 0.3 is 0 Å². The zero-order chi connectivity index (χ0) is 14.5. The summed E-state index contributed by atoms with van der Waals surface area (Å²) in [6, 6.07) is 6.40. The van der Waals surface area contributed by atoms with Gasteiger partial charge in [-0.1, -0.05) is 28.6 Å². The molecule has 0 saturated carbocycles. The van der Waals surface area contributed by atoms with Gasteiger partial charge in [0, 0.05) is 16.7 Å². The standard InChI is InChI=1S/C14H11ClN2O3/c1-9-7-13(20-17-9)14(19)16-12-5-4-11(15)8-10(12)3-2-6-18/h4-5,7-8,18H,6H2,1H3,(H,16,19). The van der Waals surface area contributed by atoms with Gasteiger partial charge < -0.3 is 14.9 Å². The highest BCUT2D eigenvalue weighted by atomic mass is 35.5. The third kappa shape index (κ3) is 3.38. The number of nitrogens with one attached hydrogen (secondary N) is 1. The van der Waals surface area contributed by atoms with Gasteiger partial charge in [-0.05, 0) is 25.1 Å². The van der Waals surface area contributed by atoms with Gasteiger partial charge in [-0.25, -0.2) is 0 Å². The Labute approximate surface area is 120 Å². The Kier molecular flexibility index (Phi) is 4.41. The molecule has 0 atom stereocenters. The van der Waals surface area contributed by atoms with Crippen LogP contribution in [0.2, 0.25) is 5.02 Å². The molecule has 1 amide bonds. The summed E-state index contributed by atoms with van der Waals surface area (Å²) in [5.74, 6) is 4.91. The Balaban J connectivity index is 2.26.